The average Bonchev–Trinajstić information content (AvgIpc) is 2.15. The molecule has 10 heteroatoms. The first-order chi connectivity index (χ1) is 45.4. The van der Waals surface area contributed by atoms with Crippen LogP contribution in [0.3, 0.4) is 0 Å². The first-order valence-corrected chi connectivity index (χ1v) is 39.7. The molecule has 532 valence electrons. The molecule has 0 fully saturated rings. The molecule has 0 bridgehead atoms. The third kappa shape index (κ3) is 72.0. The summed E-state index contributed by atoms with van der Waals surface area (Å²) in [5.74, 6) is -0.520. The second kappa shape index (κ2) is 70.7. The molecule has 1 amide bonds. The number of rotatable bonds is 68. The van der Waals surface area contributed by atoms with Gasteiger partial charge >= 0.3 is 13.8 Å². The second-order valence-electron chi connectivity index (χ2n) is 26.4. The van der Waals surface area contributed by atoms with E-state index in [0.717, 1.165) is 154 Å². The fraction of sp³-hybridized carbons (Fsp3) is 0.687. The van der Waals surface area contributed by atoms with Crippen LogP contribution in [0.15, 0.2) is 146 Å². The zero-order valence-corrected chi connectivity index (χ0v) is 61.8. The van der Waals surface area contributed by atoms with E-state index in [1.807, 2.05) is 33.3 Å². The molecule has 0 saturated heterocycles. The highest BCUT2D eigenvalue weighted by Crippen LogP contribution is 2.43. The fourth-order valence-corrected chi connectivity index (χ4v) is 11.2. The highest BCUT2D eigenvalue weighted by molar-refractivity contribution is 7.47. The zero-order chi connectivity index (χ0) is 67.8. The number of phosphoric acid groups is 1. The highest BCUT2D eigenvalue weighted by Gasteiger charge is 2.30. The molecule has 0 aromatic rings. The first kappa shape index (κ1) is 88.9. The van der Waals surface area contributed by atoms with E-state index in [4.69, 9.17) is 13.8 Å². The first-order valence-electron chi connectivity index (χ1n) is 38.2. The van der Waals surface area contributed by atoms with Crippen molar-refractivity contribution in [2.45, 2.75) is 328 Å². The molecule has 3 unspecified atom stereocenters. The number of phosphoric ester groups is 1. The number of allylic oxidation sites excluding steroid dienone is 23. The van der Waals surface area contributed by atoms with Gasteiger partial charge < -0.3 is 19.4 Å². The summed E-state index contributed by atoms with van der Waals surface area (Å²) < 4.78 is 30.9. The molecule has 0 radical (unpaired) electrons. The molecule has 0 aliphatic rings. The molecule has 0 saturated carbocycles. The number of esters is 1. The van der Waals surface area contributed by atoms with Gasteiger partial charge in [-0.3, -0.25) is 18.6 Å². The third-order valence-electron chi connectivity index (χ3n) is 16.3. The Bertz CT molecular complexity index is 2100. The van der Waals surface area contributed by atoms with Crippen LogP contribution >= 0.6 is 7.82 Å². The number of amides is 1. The quantitative estimate of drug-likeness (QED) is 0.0205. The van der Waals surface area contributed by atoms with E-state index in [9.17, 15) is 19.0 Å². The van der Waals surface area contributed by atoms with Gasteiger partial charge in [0.05, 0.1) is 33.8 Å². The van der Waals surface area contributed by atoms with Crippen LogP contribution < -0.4 is 5.32 Å². The molecule has 3 atom stereocenters. The molecule has 2 N–H and O–H groups in total. The Morgan fingerprint density at radius 1 is 0.387 bits per heavy atom. The van der Waals surface area contributed by atoms with Crippen LogP contribution in [0, 0.1) is 0 Å². The molecule has 9 nitrogen and oxygen atoms in total. The number of carbonyl (C=O) groups is 2. The summed E-state index contributed by atoms with van der Waals surface area (Å²) in [4.78, 5) is 38.0. The van der Waals surface area contributed by atoms with Crippen LogP contribution in [-0.4, -0.2) is 74.3 Å². The number of nitrogens with zero attached hydrogens (tertiary/aromatic N) is 1. The van der Waals surface area contributed by atoms with Crippen LogP contribution in [-0.2, 0) is 27.9 Å². The lowest BCUT2D eigenvalue weighted by molar-refractivity contribution is -0.870. The maximum absolute atomic E-state index is 13.7. The van der Waals surface area contributed by atoms with E-state index < -0.39 is 20.0 Å². The van der Waals surface area contributed by atoms with E-state index >= 15 is 0 Å². The number of hydrogen-bond acceptors (Lipinski definition) is 6. The van der Waals surface area contributed by atoms with E-state index in [0.29, 0.717) is 17.4 Å². The average molecular weight is 1310 g/mol. The third-order valence-corrected chi connectivity index (χ3v) is 17.3. The molecule has 0 aliphatic carbocycles. The zero-order valence-electron chi connectivity index (χ0n) is 61.0. The Balaban J connectivity index is 5.07. The number of hydrogen-bond donors (Lipinski definition) is 2. The smallest absolute Gasteiger partial charge is 0.456 e. The van der Waals surface area contributed by atoms with Gasteiger partial charge in [0.1, 0.15) is 19.3 Å². The summed E-state index contributed by atoms with van der Waals surface area (Å²) in [6.45, 7) is 6.79. The molecule has 0 rings (SSSR count). The van der Waals surface area contributed by atoms with E-state index in [-0.39, 0.29) is 31.5 Å². The van der Waals surface area contributed by atoms with Gasteiger partial charge in [-0.2, -0.15) is 0 Å². The molecule has 93 heavy (non-hydrogen) atoms. The van der Waals surface area contributed by atoms with Gasteiger partial charge in [0.15, 0.2) is 0 Å². The standard InChI is InChI=1S/C83H143N2O7P/c1-7-10-13-16-19-22-25-28-30-32-34-36-38-40-42-44-46-48-50-52-54-57-60-63-66-69-72-75-82(86)84-80(79-91-93(88,89)90-78-77-85(4,5)6)81(74-71-68-65-62-59-56-27-24-21-18-15-12-9-3)92-83(87)76-73-70-67-64-61-58-55-53-51-49-47-45-43-41-39-37-35-33-31-29-26-23-20-17-14-11-8-2/h10-11,13-14,19-20,22-23,28-31,34-37,40-43,47,49,71,74,80-81H,7-9,12,15-18,21,24-27,32-33,38-39,44-46,48,50-70,72-73,75-79H2,1-6H3,(H-,84,86,88,89)/p+1/b13-10-,14-11-,22-19-,23-20-,30-28-,31-29-,36-34-,37-35-,42-40-,43-41-,49-47-,74-71+. The Hall–Kier alpha value is -4.11. The van der Waals surface area contributed by atoms with Crippen molar-refractivity contribution in [1.29, 1.82) is 0 Å². The predicted molar refractivity (Wildman–Crippen MR) is 406 cm³/mol. The van der Waals surface area contributed by atoms with Crippen molar-refractivity contribution in [3.8, 4) is 0 Å². The van der Waals surface area contributed by atoms with Crippen LogP contribution in [0.4, 0.5) is 0 Å². The monoisotopic (exact) mass is 1310 g/mol. The van der Waals surface area contributed by atoms with Crippen molar-refractivity contribution >= 4 is 19.7 Å². The van der Waals surface area contributed by atoms with Gasteiger partial charge in [-0.15, -0.1) is 0 Å². The second-order valence-corrected chi connectivity index (χ2v) is 27.9. The maximum Gasteiger partial charge on any atom is 0.472 e. The largest absolute Gasteiger partial charge is 0.472 e. The lowest BCUT2D eigenvalue weighted by Gasteiger charge is -2.27. The summed E-state index contributed by atoms with van der Waals surface area (Å²) in [5.41, 5.74) is 0. The number of ether oxygens (including phenoxy) is 1. The summed E-state index contributed by atoms with van der Waals surface area (Å²) in [7, 11) is 1.48. The topological polar surface area (TPSA) is 111 Å². The summed E-state index contributed by atoms with van der Waals surface area (Å²) in [6, 6.07) is -0.866. The summed E-state index contributed by atoms with van der Waals surface area (Å²) >= 11 is 0. The van der Waals surface area contributed by atoms with Crippen molar-refractivity contribution in [3.63, 3.8) is 0 Å². The van der Waals surface area contributed by atoms with Gasteiger partial charge in [0.25, 0.3) is 0 Å². The Morgan fingerprint density at radius 3 is 1.03 bits per heavy atom. The van der Waals surface area contributed by atoms with Gasteiger partial charge in [0.2, 0.25) is 5.91 Å². The lowest BCUT2D eigenvalue weighted by Crippen LogP contribution is -2.47. The number of likely N-dealkylation sites (N-methyl/N-ethyl adjacent to an activating group) is 1. The van der Waals surface area contributed by atoms with E-state index in [1.165, 1.54) is 128 Å². The Morgan fingerprint density at radius 2 is 0.688 bits per heavy atom. The van der Waals surface area contributed by atoms with Crippen LogP contribution in [0.2, 0.25) is 0 Å². The normalized spacial score (nSPS) is 14.3. The molecule has 0 spiro atoms. The molecular weight excluding hydrogens is 1170 g/mol. The fourth-order valence-electron chi connectivity index (χ4n) is 10.5. The minimum atomic E-state index is -4.47. The van der Waals surface area contributed by atoms with Gasteiger partial charge in [-0.05, 0) is 128 Å². The van der Waals surface area contributed by atoms with Crippen LogP contribution in [0.5, 0.6) is 0 Å². The van der Waals surface area contributed by atoms with Gasteiger partial charge in [-0.25, -0.2) is 4.57 Å². The maximum atomic E-state index is 13.7. The van der Waals surface area contributed by atoms with Crippen molar-refractivity contribution in [1.82, 2.24) is 5.32 Å². The van der Waals surface area contributed by atoms with Crippen molar-refractivity contribution in [2.75, 3.05) is 40.9 Å². The van der Waals surface area contributed by atoms with Crippen LogP contribution in [0.1, 0.15) is 316 Å². The summed E-state index contributed by atoms with van der Waals surface area (Å²) in [5, 5.41) is 3.07. The minimum absolute atomic E-state index is 0.0314. The van der Waals surface area contributed by atoms with Crippen molar-refractivity contribution in [2.24, 2.45) is 0 Å². The molecular formula is C83H144N2O7P+. The summed E-state index contributed by atoms with van der Waals surface area (Å²) in [6.07, 6.45) is 103. The lowest BCUT2D eigenvalue weighted by atomic mass is 10.0. The number of quaternary nitrogens is 1. The highest BCUT2D eigenvalue weighted by atomic mass is 31.2. The molecule has 0 aromatic carbocycles. The van der Waals surface area contributed by atoms with Crippen molar-refractivity contribution in [3.05, 3.63) is 146 Å². The van der Waals surface area contributed by atoms with Gasteiger partial charge in [-0.1, -0.05) is 321 Å². The Kier molecular flexibility index (Phi) is 67.6. The Labute approximate surface area is 574 Å². The van der Waals surface area contributed by atoms with Crippen LogP contribution in [0.25, 0.3) is 0 Å². The molecule has 0 aliphatic heterocycles. The van der Waals surface area contributed by atoms with E-state index in [2.05, 4.69) is 160 Å². The molecule has 0 aromatic heterocycles. The van der Waals surface area contributed by atoms with Gasteiger partial charge in [0, 0.05) is 12.8 Å². The molecule has 0 heterocycles. The van der Waals surface area contributed by atoms with E-state index in [1.54, 1.807) is 0 Å². The number of nitrogens with one attached hydrogen (secondary N) is 1. The number of unbranched alkanes of at least 4 members (excludes halogenated alkanes) is 30. The minimum Gasteiger partial charge on any atom is -0.456 e. The predicted octanol–water partition coefficient (Wildman–Crippen LogP) is 24.9. The van der Waals surface area contributed by atoms with Crippen molar-refractivity contribution < 1.29 is 37.3 Å². The SMILES string of the molecule is CC/C=C\C/C=C\C/C=C\C/C=C\C/C=C\C/C=C\CCCCCCCCCCC(=O)OC(/C=C/CCCCCCCCCCCCC)C(COP(=O)(O)OCC[N+](C)(C)C)NC(=O)CCCCCCCCCCCCC/C=C\C/C=C\C/C=C\C/C=C\C/C=C\CC. The number of carbonyl (C=O) groups excluding carboxylic acids is 2.